The minimum absolute atomic E-state index is 0.325. The quantitative estimate of drug-likeness (QED) is 0.860. The van der Waals surface area contributed by atoms with Gasteiger partial charge in [0.15, 0.2) is 0 Å². The SMILES string of the molecule is C/C(=C\NC(=O)C(C)O)SC(C)c1ccccc1. The predicted octanol–water partition coefficient (Wildman–Crippen LogP) is 2.84. The summed E-state index contributed by atoms with van der Waals surface area (Å²) >= 11 is 1.67. The number of nitrogens with one attached hydrogen (secondary N) is 1. The summed E-state index contributed by atoms with van der Waals surface area (Å²) in [6.07, 6.45) is 0.657. The van der Waals surface area contributed by atoms with Crippen molar-refractivity contribution in [3.63, 3.8) is 0 Å². The van der Waals surface area contributed by atoms with Crippen LogP contribution in [0.3, 0.4) is 0 Å². The summed E-state index contributed by atoms with van der Waals surface area (Å²) in [7, 11) is 0. The summed E-state index contributed by atoms with van der Waals surface area (Å²) in [5.41, 5.74) is 1.25. The number of benzene rings is 1. The normalized spacial score (nSPS) is 15.0. The second-order valence-electron chi connectivity index (χ2n) is 4.11. The van der Waals surface area contributed by atoms with Crippen molar-refractivity contribution in [1.29, 1.82) is 0 Å². The highest BCUT2D eigenvalue weighted by molar-refractivity contribution is 8.03. The zero-order chi connectivity index (χ0) is 13.5. The fourth-order valence-electron chi connectivity index (χ4n) is 1.40. The average Bonchev–Trinajstić information content (AvgIpc) is 2.36. The molecule has 0 saturated heterocycles. The van der Waals surface area contributed by atoms with Crippen LogP contribution in [0.5, 0.6) is 0 Å². The highest BCUT2D eigenvalue weighted by atomic mass is 32.2. The molecule has 98 valence electrons. The third-order valence-electron chi connectivity index (χ3n) is 2.43. The molecular weight excluding hydrogens is 246 g/mol. The Hall–Kier alpha value is -1.26. The van der Waals surface area contributed by atoms with Gasteiger partial charge >= 0.3 is 0 Å². The van der Waals surface area contributed by atoms with Gasteiger partial charge in [-0.25, -0.2) is 0 Å². The number of hydrogen-bond donors (Lipinski definition) is 2. The Bertz CT molecular complexity index is 415. The van der Waals surface area contributed by atoms with E-state index in [0.717, 1.165) is 4.91 Å². The van der Waals surface area contributed by atoms with Gasteiger partial charge in [0, 0.05) is 11.4 Å². The molecule has 0 spiro atoms. The maximum atomic E-state index is 11.2. The van der Waals surface area contributed by atoms with Gasteiger partial charge in [0.05, 0.1) is 0 Å². The molecule has 2 unspecified atom stereocenters. The van der Waals surface area contributed by atoms with Crippen molar-refractivity contribution in [1.82, 2.24) is 5.32 Å². The number of aliphatic hydroxyl groups is 1. The monoisotopic (exact) mass is 265 g/mol. The standard InChI is InChI=1S/C14H19NO2S/c1-10(9-15-14(17)11(2)16)18-12(3)13-7-5-4-6-8-13/h4-9,11-12,16H,1-3H3,(H,15,17)/b10-9+. The van der Waals surface area contributed by atoms with Crippen LogP contribution in [0.15, 0.2) is 41.4 Å². The topological polar surface area (TPSA) is 49.3 Å². The van der Waals surface area contributed by atoms with Gasteiger partial charge in [0.25, 0.3) is 5.91 Å². The number of carbonyl (C=O) groups is 1. The van der Waals surface area contributed by atoms with Crippen molar-refractivity contribution < 1.29 is 9.90 Å². The summed E-state index contributed by atoms with van der Waals surface area (Å²) in [5.74, 6) is -0.387. The van der Waals surface area contributed by atoms with Gasteiger partial charge in [0.1, 0.15) is 6.10 Å². The van der Waals surface area contributed by atoms with Crippen LogP contribution in [0.25, 0.3) is 0 Å². The lowest BCUT2D eigenvalue weighted by atomic mass is 10.2. The van der Waals surface area contributed by atoms with Gasteiger partial charge in [-0.15, -0.1) is 11.8 Å². The first-order chi connectivity index (χ1) is 8.50. The molecule has 0 bridgehead atoms. The van der Waals surface area contributed by atoms with Crippen molar-refractivity contribution in [2.45, 2.75) is 32.1 Å². The molecule has 18 heavy (non-hydrogen) atoms. The van der Waals surface area contributed by atoms with Gasteiger partial charge in [-0.05, 0) is 31.2 Å². The number of rotatable bonds is 5. The molecule has 0 aromatic heterocycles. The number of carbonyl (C=O) groups excluding carboxylic acids is 1. The van der Waals surface area contributed by atoms with Crippen LogP contribution in [0.1, 0.15) is 31.6 Å². The predicted molar refractivity (Wildman–Crippen MR) is 76.0 cm³/mol. The minimum Gasteiger partial charge on any atom is -0.384 e. The minimum atomic E-state index is -0.981. The van der Waals surface area contributed by atoms with Crippen molar-refractivity contribution in [2.75, 3.05) is 0 Å². The fourth-order valence-corrected chi connectivity index (χ4v) is 2.38. The first kappa shape index (κ1) is 14.8. The third-order valence-corrected chi connectivity index (χ3v) is 3.54. The van der Waals surface area contributed by atoms with E-state index < -0.39 is 6.10 Å². The zero-order valence-electron chi connectivity index (χ0n) is 10.9. The number of hydrogen-bond acceptors (Lipinski definition) is 3. The summed E-state index contributed by atoms with van der Waals surface area (Å²) < 4.78 is 0. The Morgan fingerprint density at radius 3 is 2.50 bits per heavy atom. The fraction of sp³-hybridized carbons (Fsp3) is 0.357. The van der Waals surface area contributed by atoms with Crippen LogP contribution in [0, 0.1) is 0 Å². The molecule has 0 heterocycles. The number of amides is 1. The Morgan fingerprint density at radius 2 is 1.94 bits per heavy atom. The smallest absolute Gasteiger partial charge is 0.252 e. The van der Waals surface area contributed by atoms with Crippen LogP contribution < -0.4 is 5.32 Å². The van der Waals surface area contributed by atoms with E-state index in [2.05, 4.69) is 24.4 Å². The Labute approximate surface area is 112 Å². The molecule has 1 amide bonds. The first-order valence-electron chi connectivity index (χ1n) is 5.87. The lowest BCUT2D eigenvalue weighted by Crippen LogP contribution is -2.28. The van der Waals surface area contributed by atoms with E-state index in [1.807, 2.05) is 25.1 Å². The molecule has 0 aliphatic rings. The second kappa shape index (κ2) is 7.24. The van der Waals surface area contributed by atoms with Crippen molar-refractivity contribution in [2.24, 2.45) is 0 Å². The zero-order valence-corrected chi connectivity index (χ0v) is 11.7. The molecular formula is C14H19NO2S. The summed E-state index contributed by atoms with van der Waals surface area (Å²) in [5, 5.41) is 11.9. The lowest BCUT2D eigenvalue weighted by Gasteiger charge is -2.12. The van der Waals surface area contributed by atoms with E-state index in [1.54, 1.807) is 18.0 Å². The molecule has 0 aliphatic carbocycles. The summed E-state index contributed by atoms with van der Waals surface area (Å²) in [4.78, 5) is 12.2. The molecule has 1 rings (SSSR count). The Balaban J connectivity index is 2.52. The van der Waals surface area contributed by atoms with Gasteiger partial charge in [-0.3, -0.25) is 4.79 Å². The number of allylic oxidation sites excluding steroid dienone is 1. The van der Waals surface area contributed by atoms with Gasteiger partial charge in [0.2, 0.25) is 0 Å². The van der Waals surface area contributed by atoms with Crippen LogP contribution in [-0.2, 0) is 4.79 Å². The Morgan fingerprint density at radius 1 is 1.33 bits per heavy atom. The summed E-state index contributed by atoms with van der Waals surface area (Å²) in [6.45, 7) is 5.50. The highest BCUT2D eigenvalue weighted by Crippen LogP contribution is 2.33. The molecule has 0 radical (unpaired) electrons. The molecule has 0 fully saturated rings. The molecule has 0 saturated carbocycles. The van der Waals surface area contributed by atoms with Crippen molar-refractivity contribution in [3.05, 3.63) is 47.0 Å². The van der Waals surface area contributed by atoms with Crippen LogP contribution in [0.4, 0.5) is 0 Å². The van der Waals surface area contributed by atoms with Gasteiger partial charge in [-0.1, -0.05) is 30.3 Å². The molecule has 1 aromatic rings. The van der Waals surface area contributed by atoms with Crippen LogP contribution >= 0.6 is 11.8 Å². The van der Waals surface area contributed by atoms with Crippen molar-refractivity contribution >= 4 is 17.7 Å². The van der Waals surface area contributed by atoms with E-state index in [0.29, 0.717) is 5.25 Å². The number of aliphatic hydroxyl groups excluding tert-OH is 1. The molecule has 3 nitrogen and oxygen atoms in total. The largest absolute Gasteiger partial charge is 0.384 e. The maximum absolute atomic E-state index is 11.2. The average molecular weight is 265 g/mol. The van der Waals surface area contributed by atoms with E-state index in [4.69, 9.17) is 5.11 Å². The lowest BCUT2D eigenvalue weighted by molar-refractivity contribution is -0.127. The molecule has 0 aliphatic heterocycles. The summed E-state index contributed by atoms with van der Waals surface area (Å²) in [6, 6.07) is 10.2. The molecule has 2 atom stereocenters. The maximum Gasteiger partial charge on any atom is 0.252 e. The Kier molecular flexibility index (Phi) is 5.95. The first-order valence-corrected chi connectivity index (χ1v) is 6.75. The third kappa shape index (κ3) is 4.94. The van der Waals surface area contributed by atoms with E-state index >= 15 is 0 Å². The van der Waals surface area contributed by atoms with E-state index in [9.17, 15) is 4.79 Å². The van der Waals surface area contributed by atoms with E-state index in [1.165, 1.54) is 12.5 Å². The van der Waals surface area contributed by atoms with Crippen LogP contribution in [-0.4, -0.2) is 17.1 Å². The van der Waals surface area contributed by atoms with Crippen LogP contribution in [0.2, 0.25) is 0 Å². The number of thioether (sulfide) groups is 1. The molecule has 1 aromatic carbocycles. The highest BCUT2D eigenvalue weighted by Gasteiger charge is 2.08. The second-order valence-corrected chi connectivity index (χ2v) is 5.70. The molecule has 4 heteroatoms. The van der Waals surface area contributed by atoms with Gasteiger partial charge in [-0.2, -0.15) is 0 Å². The molecule has 2 N–H and O–H groups in total. The van der Waals surface area contributed by atoms with Crippen molar-refractivity contribution in [3.8, 4) is 0 Å². The van der Waals surface area contributed by atoms with E-state index in [-0.39, 0.29) is 5.91 Å². The van der Waals surface area contributed by atoms with Gasteiger partial charge < -0.3 is 10.4 Å².